The van der Waals surface area contributed by atoms with E-state index in [1.165, 1.54) is 5.57 Å². The summed E-state index contributed by atoms with van der Waals surface area (Å²) in [7, 11) is 0. The van der Waals surface area contributed by atoms with Gasteiger partial charge in [0.05, 0.1) is 0 Å². The molecule has 4 heteroatoms. The van der Waals surface area contributed by atoms with E-state index in [4.69, 9.17) is 0 Å². The van der Waals surface area contributed by atoms with Crippen molar-refractivity contribution in [3.63, 3.8) is 0 Å². The second kappa shape index (κ2) is 31.6. The van der Waals surface area contributed by atoms with Crippen LogP contribution in [-0.2, 0) is 25.8 Å². The molecule has 0 saturated carbocycles. The number of nitrogens with zero attached hydrogens (tertiary/aromatic N) is 3. The summed E-state index contributed by atoms with van der Waals surface area (Å²) < 4.78 is 0. The smallest absolute Gasteiger partial charge is 0.0160 e. The second-order valence-electron chi connectivity index (χ2n) is 6.79. The van der Waals surface area contributed by atoms with Gasteiger partial charge in [-0.25, -0.2) is 11.6 Å². The third kappa shape index (κ3) is 29.5. The molecule has 0 N–H and O–H groups in total. The zero-order valence-electron chi connectivity index (χ0n) is 21.9. The van der Waals surface area contributed by atoms with Crippen molar-refractivity contribution in [3.8, 4) is 0 Å². The van der Waals surface area contributed by atoms with Crippen molar-refractivity contribution in [2.45, 2.75) is 54.9 Å². The standard InChI is InChI=1S/3C7H15N.C6H7.Hf/c3*1-4-7-8(5-2)6-3;1-6-4-2-3-5-6;/h3*4H,1,5-7H2,2-3H3;2,4H,3H2,1H3;/q;;;-1;. The number of rotatable bonds is 12. The van der Waals surface area contributed by atoms with E-state index >= 15 is 0 Å². The molecule has 0 unspecified atom stereocenters. The monoisotopic (exact) mass is 598 g/mol. The van der Waals surface area contributed by atoms with Gasteiger partial charge in [-0.3, -0.25) is 6.08 Å². The Balaban J connectivity index is -0.000000156. The van der Waals surface area contributed by atoms with E-state index in [1.807, 2.05) is 18.2 Å². The molecular weight excluding hydrogens is 545 g/mol. The van der Waals surface area contributed by atoms with Gasteiger partial charge in [-0.15, -0.1) is 26.2 Å². The van der Waals surface area contributed by atoms with Crippen molar-refractivity contribution in [2.75, 3.05) is 58.9 Å². The number of hydrogen-bond acceptors (Lipinski definition) is 3. The van der Waals surface area contributed by atoms with Crippen LogP contribution in [0.5, 0.6) is 0 Å². The molecular formula is C27H52HfN3-. The van der Waals surface area contributed by atoms with Crippen LogP contribution >= 0.6 is 0 Å². The van der Waals surface area contributed by atoms with Crippen LogP contribution in [0.4, 0.5) is 0 Å². The van der Waals surface area contributed by atoms with Gasteiger partial charge in [0.1, 0.15) is 0 Å². The Labute approximate surface area is 215 Å². The summed E-state index contributed by atoms with van der Waals surface area (Å²) in [5, 5.41) is 0. The molecule has 0 spiro atoms. The van der Waals surface area contributed by atoms with Gasteiger partial charge in [0.25, 0.3) is 0 Å². The molecule has 0 radical (unpaired) electrons. The van der Waals surface area contributed by atoms with E-state index in [2.05, 4.69) is 101 Å². The summed E-state index contributed by atoms with van der Waals surface area (Å²) in [5.41, 5.74) is 1.27. The summed E-state index contributed by atoms with van der Waals surface area (Å²) in [5.74, 6) is 0. The first-order chi connectivity index (χ1) is 14.4. The minimum absolute atomic E-state index is 0. The molecule has 0 aromatic carbocycles. The fourth-order valence-corrected chi connectivity index (χ4v) is 2.51. The Kier molecular flexibility index (Phi) is 38.5. The number of allylic oxidation sites excluding steroid dienone is 4. The van der Waals surface area contributed by atoms with Crippen molar-refractivity contribution in [3.05, 3.63) is 61.8 Å². The van der Waals surface area contributed by atoms with Gasteiger partial charge < -0.3 is 14.7 Å². The van der Waals surface area contributed by atoms with Gasteiger partial charge in [-0.05, 0) is 39.3 Å². The van der Waals surface area contributed by atoms with E-state index < -0.39 is 0 Å². The first kappa shape index (κ1) is 37.7. The molecule has 0 amide bonds. The molecule has 0 bridgehead atoms. The molecule has 1 rings (SSSR count). The van der Waals surface area contributed by atoms with Crippen molar-refractivity contribution < 1.29 is 25.8 Å². The summed E-state index contributed by atoms with van der Waals surface area (Å²) >= 11 is 0. The van der Waals surface area contributed by atoms with E-state index in [-0.39, 0.29) is 25.8 Å². The summed E-state index contributed by atoms with van der Waals surface area (Å²) in [6.45, 7) is 35.8. The second-order valence-corrected chi connectivity index (χ2v) is 6.79. The Bertz CT molecular complexity index is 386. The maximum Gasteiger partial charge on any atom is 0.0160 e. The maximum atomic E-state index is 3.65. The first-order valence-electron chi connectivity index (χ1n) is 11.7. The minimum Gasteiger partial charge on any atom is -0.300 e. The Hall–Kier alpha value is -0.550. The summed E-state index contributed by atoms with van der Waals surface area (Å²) in [6.07, 6.45) is 14.1. The predicted octanol–water partition coefficient (Wildman–Crippen LogP) is 6.24. The molecule has 0 aliphatic heterocycles. The van der Waals surface area contributed by atoms with Gasteiger partial charge in [-0.1, -0.05) is 66.7 Å². The quantitative estimate of drug-likeness (QED) is 0.150. The van der Waals surface area contributed by atoms with Crippen molar-refractivity contribution in [1.82, 2.24) is 14.7 Å². The van der Waals surface area contributed by atoms with Crippen LogP contribution in [0, 0.1) is 6.08 Å². The summed E-state index contributed by atoms with van der Waals surface area (Å²) in [4.78, 5) is 6.94. The van der Waals surface area contributed by atoms with Crippen LogP contribution < -0.4 is 0 Å². The van der Waals surface area contributed by atoms with Crippen LogP contribution in [0.2, 0.25) is 0 Å². The first-order valence-corrected chi connectivity index (χ1v) is 11.7. The molecule has 0 fully saturated rings. The van der Waals surface area contributed by atoms with Gasteiger partial charge in [-0.2, -0.15) is 6.08 Å². The van der Waals surface area contributed by atoms with Crippen molar-refractivity contribution in [2.24, 2.45) is 0 Å². The van der Waals surface area contributed by atoms with Crippen LogP contribution in [0.15, 0.2) is 55.7 Å². The van der Waals surface area contributed by atoms with Crippen LogP contribution in [0.1, 0.15) is 54.9 Å². The fourth-order valence-electron chi connectivity index (χ4n) is 2.51. The summed E-state index contributed by atoms with van der Waals surface area (Å²) in [6, 6.07) is 0. The number of hydrogen-bond donors (Lipinski definition) is 0. The van der Waals surface area contributed by atoms with E-state index in [1.54, 1.807) is 0 Å². The maximum absolute atomic E-state index is 3.65. The number of likely N-dealkylation sites (N-methyl/N-ethyl adjacent to an activating group) is 3. The molecule has 3 nitrogen and oxygen atoms in total. The molecule has 1 aliphatic carbocycles. The van der Waals surface area contributed by atoms with Gasteiger partial charge in [0.15, 0.2) is 0 Å². The molecule has 1 aliphatic rings. The molecule has 0 atom stereocenters. The third-order valence-corrected chi connectivity index (χ3v) is 4.71. The SMILES string of the molecule is C=CCN(CC)CC.C=CCN(CC)CC.C=CCN(CC)CC.CC1=[C-]CC=C1.[Hf]. The normalized spacial score (nSPS) is 11.2. The Morgan fingerprint density at radius 2 is 1.00 bits per heavy atom. The fraction of sp³-hybridized carbons (Fsp3) is 0.630. The third-order valence-electron chi connectivity index (χ3n) is 4.71. The largest absolute Gasteiger partial charge is 0.300 e. The predicted molar refractivity (Wildman–Crippen MR) is 140 cm³/mol. The zero-order chi connectivity index (χ0) is 23.6. The molecule has 0 heterocycles. The van der Waals surface area contributed by atoms with Crippen molar-refractivity contribution >= 4 is 0 Å². The molecule has 0 saturated heterocycles. The van der Waals surface area contributed by atoms with Crippen molar-refractivity contribution in [1.29, 1.82) is 0 Å². The molecule has 180 valence electrons. The van der Waals surface area contributed by atoms with Gasteiger partial charge in [0, 0.05) is 45.5 Å². The van der Waals surface area contributed by atoms with Crippen LogP contribution in [-0.4, -0.2) is 73.6 Å². The van der Waals surface area contributed by atoms with Gasteiger partial charge >= 0.3 is 0 Å². The molecule has 31 heavy (non-hydrogen) atoms. The van der Waals surface area contributed by atoms with E-state index in [9.17, 15) is 0 Å². The van der Waals surface area contributed by atoms with E-state index in [0.717, 1.165) is 65.3 Å². The van der Waals surface area contributed by atoms with E-state index in [0.29, 0.717) is 0 Å². The minimum atomic E-state index is 0. The molecule has 0 aromatic heterocycles. The average Bonchev–Trinajstić information content (AvgIpc) is 3.26. The van der Waals surface area contributed by atoms with Crippen LogP contribution in [0.25, 0.3) is 0 Å². The van der Waals surface area contributed by atoms with Gasteiger partial charge in [0.2, 0.25) is 0 Å². The molecule has 0 aromatic rings. The Morgan fingerprint density at radius 1 is 0.710 bits per heavy atom. The average molecular weight is 597 g/mol. The Morgan fingerprint density at radius 3 is 1.06 bits per heavy atom. The zero-order valence-corrected chi connectivity index (χ0v) is 25.5. The topological polar surface area (TPSA) is 9.72 Å². The van der Waals surface area contributed by atoms with Crippen LogP contribution in [0.3, 0.4) is 0 Å².